The first kappa shape index (κ1) is 14.9. The number of rotatable bonds is 3. The highest BCUT2D eigenvalue weighted by molar-refractivity contribution is 5.93. The van der Waals surface area contributed by atoms with E-state index in [1.807, 2.05) is 0 Å². The van der Waals surface area contributed by atoms with E-state index in [-0.39, 0.29) is 11.7 Å². The van der Waals surface area contributed by atoms with Gasteiger partial charge >= 0.3 is 5.97 Å². The fourth-order valence-corrected chi connectivity index (χ4v) is 2.39. The van der Waals surface area contributed by atoms with E-state index in [2.05, 4.69) is 0 Å². The molecule has 0 heterocycles. The molecule has 1 saturated carbocycles. The normalized spacial score (nSPS) is 15.2. The van der Waals surface area contributed by atoms with Crippen LogP contribution in [0.25, 0.3) is 0 Å². The third kappa shape index (κ3) is 3.34. The summed E-state index contributed by atoms with van der Waals surface area (Å²) in [4.78, 5) is 21.8. The van der Waals surface area contributed by atoms with Gasteiger partial charge in [-0.05, 0) is 25.7 Å². The van der Waals surface area contributed by atoms with E-state index in [4.69, 9.17) is 10.00 Å². The van der Waals surface area contributed by atoms with Gasteiger partial charge < -0.3 is 4.74 Å². The fourth-order valence-electron chi connectivity index (χ4n) is 2.39. The van der Waals surface area contributed by atoms with E-state index in [0.29, 0.717) is 18.9 Å². The summed E-state index contributed by atoms with van der Waals surface area (Å²) >= 11 is 0. The van der Waals surface area contributed by atoms with E-state index < -0.39 is 28.0 Å². The minimum absolute atomic E-state index is 0.285. The molecule has 1 fully saturated rings. The van der Waals surface area contributed by atoms with Crippen LogP contribution in [0.15, 0.2) is 12.1 Å². The summed E-state index contributed by atoms with van der Waals surface area (Å²) in [6.45, 7) is 0. The molecule has 110 valence electrons. The van der Waals surface area contributed by atoms with Crippen LogP contribution in [0.4, 0.5) is 10.1 Å². The van der Waals surface area contributed by atoms with E-state index in [1.165, 1.54) is 0 Å². The lowest BCUT2D eigenvalue weighted by atomic mass is 9.97. The van der Waals surface area contributed by atoms with Crippen LogP contribution in [0, 0.1) is 27.3 Å². The first-order valence-electron chi connectivity index (χ1n) is 6.62. The van der Waals surface area contributed by atoms with Gasteiger partial charge in [-0.3, -0.25) is 10.1 Å². The summed E-state index contributed by atoms with van der Waals surface area (Å²) in [6, 6.07) is 3.10. The summed E-state index contributed by atoms with van der Waals surface area (Å²) in [5.41, 5.74) is -1.49. The van der Waals surface area contributed by atoms with Crippen molar-refractivity contribution in [1.29, 1.82) is 5.26 Å². The van der Waals surface area contributed by atoms with E-state index in [9.17, 15) is 19.3 Å². The van der Waals surface area contributed by atoms with Gasteiger partial charge in [0, 0.05) is 6.07 Å². The smallest absolute Gasteiger partial charge is 0.342 e. The van der Waals surface area contributed by atoms with Crippen molar-refractivity contribution in [3.8, 4) is 6.07 Å². The first-order chi connectivity index (χ1) is 10.0. The lowest BCUT2D eigenvalue weighted by molar-refractivity contribution is -0.385. The Bertz CT molecular complexity index is 618. The molecular formula is C14H13FN2O4. The topological polar surface area (TPSA) is 93.2 Å². The predicted molar refractivity (Wildman–Crippen MR) is 70.1 cm³/mol. The van der Waals surface area contributed by atoms with Crippen LogP contribution in [-0.4, -0.2) is 17.0 Å². The van der Waals surface area contributed by atoms with Gasteiger partial charge in [-0.25, -0.2) is 9.18 Å². The maximum atomic E-state index is 13.9. The Morgan fingerprint density at radius 1 is 1.38 bits per heavy atom. The number of carbonyl (C=O) groups is 1. The molecule has 0 atom stereocenters. The van der Waals surface area contributed by atoms with E-state index in [1.54, 1.807) is 6.07 Å². The van der Waals surface area contributed by atoms with Crippen LogP contribution in [0.3, 0.4) is 0 Å². The predicted octanol–water partition coefficient (Wildman–Crippen LogP) is 3.10. The lowest BCUT2D eigenvalue weighted by Gasteiger charge is -2.22. The number of hydrogen-bond donors (Lipinski definition) is 0. The van der Waals surface area contributed by atoms with Crippen LogP contribution in [0.2, 0.25) is 0 Å². The number of nitrogens with zero attached hydrogens (tertiary/aromatic N) is 2. The van der Waals surface area contributed by atoms with Gasteiger partial charge in [0.2, 0.25) is 0 Å². The maximum Gasteiger partial charge on any atom is 0.342 e. The average molecular weight is 292 g/mol. The molecule has 0 aromatic heterocycles. The molecule has 0 saturated heterocycles. The summed E-state index contributed by atoms with van der Waals surface area (Å²) in [5, 5.41) is 19.6. The van der Waals surface area contributed by atoms with Crippen molar-refractivity contribution in [1.82, 2.24) is 0 Å². The third-order valence-electron chi connectivity index (χ3n) is 3.44. The van der Waals surface area contributed by atoms with Gasteiger partial charge in [-0.1, -0.05) is 6.42 Å². The van der Waals surface area contributed by atoms with Crippen molar-refractivity contribution in [2.24, 2.45) is 0 Å². The molecule has 0 amide bonds. The zero-order chi connectivity index (χ0) is 15.4. The first-order valence-corrected chi connectivity index (χ1v) is 6.62. The number of nitro groups is 1. The molecule has 0 aliphatic heterocycles. The molecule has 21 heavy (non-hydrogen) atoms. The minimum atomic E-state index is -1.11. The average Bonchev–Trinajstić information content (AvgIpc) is 2.47. The fraction of sp³-hybridized carbons (Fsp3) is 0.429. The molecule has 1 aromatic carbocycles. The van der Waals surface area contributed by atoms with Crippen molar-refractivity contribution in [2.45, 2.75) is 38.2 Å². The summed E-state index contributed by atoms with van der Waals surface area (Å²) in [5.74, 6) is -2.05. The van der Waals surface area contributed by atoms with Crippen molar-refractivity contribution in [3.63, 3.8) is 0 Å². The summed E-state index contributed by atoms with van der Waals surface area (Å²) in [6.07, 6.45) is 4.08. The SMILES string of the molecule is N#Cc1cc([N+](=O)[O-])cc(F)c1C(=O)OC1CCCCC1. The Morgan fingerprint density at radius 2 is 2.05 bits per heavy atom. The molecular weight excluding hydrogens is 279 g/mol. The van der Waals surface area contributed by atoms with Crippen molar-refractivity contribution < 1.29 is 18.8 Å². The number of carbonyl (C=O) groups excluding carboxylic acids is 1. The van der Waals surface area contributed by atoms with Crippen LogP contribution >= 0.6 is 0 Å². The number of nitro benzene ring substituents is 1. The van der Waals surface area contributed by atoms with Crippen LogP contribution in [-0.2, 0) is 4.74 Å². The van der Waals surface area contributed by atoms with Gasteiger partial charge in [0.05, 0.1) is 16.6 Å². The van der Waals surface area contributed by atoms with Crippen molar-refractivity contribution in [2.75, 3.05) is 0 Å². The molecule has 7 heteroatoms. The minimum Gasteiger partial charge on any atom is -0.459 e. The van der Waals surface area contributed by atoms with Crippen molar-refractivity contribution in [3.05, 3.63) is 39.2 Å². The zero-order valence-corrected chi connectivity index (χ0v) is 11.2. The highest BCUT2D eigenvalue weighted by Crippen LogP contribution is 2.25. The Hall–Kier alpha value is -2.49. The molecule has 1 aliphatic rings. The second-order valence-corrected chi connectivity index (χ2v) is 4.88. The molecule has 1 aromatic rings. The second-order valence-electron chi connectivity index (χ2n) is 4.88. The number of esters is 1. The number of nitriles is 1. The highest BCUT2D eigenvalue weighted by Gasteiger charge is 2.26. The maximum absolute atomic E-state index is 13.9. The molecule has 6 nitrogen and oxygen atoms in total. The van der Waals surface area contributed by atoms with Gasteiger partial charge in [0.15, 0.2) is 0 Å². The largest absolute Gasteiger partial charge is 0.459 e. The molecule has 2 rings (SSSR count). The third-order valence-corrected chi connectivity index (χ3v) is 3.44. The van der Waals surface area contributed by atoms with Gasteiger partial charge in [0.25, 0.3) is 5.69 Å². The standard InChI is InChI=1S/C14H13FN2O4/c15-12-7-10(17(19)20)6-9(8-16)13(12)14(18)21-11-4-2-1-3-5-11/h6-7,11H,1-5H2. The number of ether oxygens (including phenoxy) is 1. The van der Waals surface area contributed by atoms with E-state index in [0.717, 1.165) is 25.3 Å². The summed E-state index contributed by atoms with van der Waals surface area (Å²) in [7, 11) is 0. The Labute approximate surface area is 120 Å². The van der Waals surface area contributed by atoms with Crippen molar-refractivity contribution >= 4 is 11.7 Å². The number of benzene rings is 1. The van der Waals surface area contributed by atoms with Crippen LogP contribution in [0.1, 0.15) is 48.0 Å². The van der Waals surface area contributed by atoms with Crippen LogP contribution < -0.4 is 0 Å². The lowest BCUT2D eigenvalue weighted by Crippen LogP contribution is -2.22. The molecule has 0 unspecified atom stereocenters. The summed E-state index contributed by atoms with van der Waals surface area (Å²) < 4.78 is 19.1. The molecule has 0 spiro atoms. The van der Waals surface area contributed by atoms with Gasteiger partial charge in [-0.15, -0.1) is 0 Å². The second kappa shape index (κ2) is 6.31. The van der Waals surface area contributed by atoms with E-state index >= 15 is 0 Å². The number of hydrogen-bond acceptors (Lipinski definition) is 5. The van der Waals surface area contributed by atoms with Gasteiger partial charge in [0.1, 0.15) is 23.6 Å². The zero-order valence-electron chi connectivity index (χ0n) is 11.2. The number of halogens is 1. The highest BCUT2D eigenvalue weighted by atomic mass is 19.1. The number of non-ortho nitro benzene ring substituents is 1. The molecule has 0 radical (unpaired) electrons. The molecule has 0 N–H and O–H groups in total. The van der Waals surface area contributed by atoms with Gasteiger partial charge in [-0.2, -0.15) is 5.26 Å². The quantitative estimate of drug-likeness (QED) is 0.484. The van der Waals surface area contributed by atoms with Crippen LogP contribution in [0.5, 0.6) is 0 Å². The molecule has 1 aliphatic carbocycles. The Kier molecular flexibility index (Phi) is 4.48. The Morgan fingerprint density at radius 3 is 2.62 bits per heavy atom. The Balaban J connectivity index is 2.27. The molecule has 0 bridgehead atoms. The monoisotopic (exact) mass is 292 g/mol.